The lowest BCUT2D eigenvalue weighted by Gasteiger charge is -2.27. The first-order chi connectivity index (χ1) is 13.6. The number of nitrogens with one attached hydrogen (secondary N) is 1. The van der Waals surface area contributed by atoms with Crippen LogP contribution in [0.15, 0.2) is 35.1 Å². The van der Waals surface area contributed by atoms with E-state index in [0.29, 0.717) is 11.1 Å². The highest BCUT2D eigenvalue weighted by Crippen LogP contribution is 2.21. The molecule has 2 aromatic rings. The molecular formula is C22H27N3O3. The van der Waals surface area contributed by atoms with Crippen LogP contribution in [0.3, 0.4) is 0 Å². The molecule has 0 atom stereocenters. The molecule has 1 saturated carbocycles. The van der Waals surface area contributed by atoms with Crippen molar-refractivity contribution in [2.75, 3.05) is 13.1 Å². The number of carbonyl (C=O) groups excluding carboxylic acids is 2. The lowest BCUT2D eigenvalue weighted by atomic mass is 10.0. The number of benzene rings is 1. The zero-order valence-electron chi connectivity index (χ0n) is 16.2. The Morgan fingerprint density at radius 1 is 1.00 bits per heavy atom. The van der Waals surface area contributed by atoms with E-state index in [9.17, 15) is 14.4 Å². The van der Waals surface area contributed by atoms with Gasteiger partial charge in [0.25, 0.3) is 11.5 Å². The van der Waals surface area contributed by atoms with Crippen LogP contribution in [0.2, 0.25) is 0 Å². The minimum atomic E-state index is -0.305. The smallest absolute Gasteiger partial charge is 0.254 e. The fourth-order valence-corrected chi connectivity index (χ4v) is 4.43. The van der Waals surface area contributed by atoms with Gasteiger partial charge in [-0.2, -0.15) is 0 Å². The molecule has 1 aliphatic carbocycles. The maximum Gasteiger partial charge on any atom is 0.254 e. The summed E-state index contributed by atoms with van der Waals surface area (Å²) >= 11 is 0. The Morgan fingerprint density at radius 2 is 1.71 bits per heavy atom. The molecule has 0 radical (unpaired) electrons. The number of rotatable bonds is 4. The summed E-state index contributed by atoms with van der Waals surface area (Å²) in [4.78, 5) is 40.2. The van der Waals surface area contributed by atoms with E-state index in [1.165, 1.54) is 10.6 Å². The van der Waals surface area contributed by atoms with Gasteiger partial charge < -0.3 is 10.2 Å². The van der Waals surface area contributed by atoms with Crippen molar-refractivity contribution in [3.8, 4) is 0 Å². The number of hydrogen-bond donors (Lipinski definition) is 1. The zero-order chi connectivity index (χ0) is 19.5. The molecule has 1 aliphatic heterocycles. The zero-order valence-corrected chi connectivity index (χ0v) is 16.2. The SMILES string of the molecule is O=C(Cn1c(=O)cc(C(=O)N2CCCCC2)c2ccccc21)NC1CCCC1. The average Bonchev–Trinajstić information content (AvgIpc) is 3.23. The van der Waals surface area contributed by atoms with E-state index in [1.54, 1.807) is 0 Å². The monoisotopic (exact) mass is 381 g/mol. The van der Waals surface area contributed by atoms with Crippen molar-refractivity contribution in [1.29, 1.82) is 0 Å². The van der Waals surface area contributed by atoms with Gasteiger partial charge in [0.1, 0.15) is 6.54 Å². The molecule has 28 heavy (non-hydrogen) atoms. The fraction of sp³-hybridized carbons (Fsp3) is 0.500. The Morgan fingerprint density at radius 3 is 2.46 bits per heavy atom. The van der Waals surface area contributed by atoms with Gasteiger partial charge in [-0.1, -0.05) is 31.0 Å². The van der Waals surface area contributed by atoms with Gasteiger partial charge in [-0.3, -0.25) is 19.0 Å². The number of likely N-dealkylation sites (tertiary alicyclic amines) is 1. The van der Waals surface area contributed by atoms with Crippen molar-refractivity contribution >= 4 is 22.7 Å². The predicted molar refractivity (Wildman–Crippen MR) is 108 cm³/mol. The van der Waals surface area contributed by atoms with E-state index in [1.807, 2.05) is 29.2 Å². The van der Waals surface area contributed by atoms with Gasteiger partial charge in [0, 0.05) is 30.6 Å². The van der Waals surface area contributed by atoms with Crippen molar-refractivity contribution in [3.63, 3.8) is 0 Å². The Hall–Kier alpha value is -2.63. The number of aromatic nitrogens is 1. The summed E-state index contributed by atoms with van der Waals surface area (Å²) in [7, 11) is 0. The van der Waals surface area contributed by atoms with E-state index in [4.69, 9.17) is 0 Å². The third kappa shape index (κ3) is 3.81. The number of pyridine rings is 1. The second-order valence-corrected chi connectivity index (χ2v) is 7.90. The molecule has 1 aromatic carbocycles. The van der Waals surface area contributed by atoms with Gasteiger partial charge in [0.2, 0.25) is 5.91 Å². The lowest BCUT2D eigenvalue weighted by molar-refractivity contribution is -0.122. The van der Waals surface area contributed by atoms with E-state index in [2.05, 4.69) is 5.32 Å². The molecule has 2 heterocycles. The maximum atomic E-state index is 13.0. The molecule has 1 aromatic heterocycles. The minimum absolute atomic E-state index is 0.0198. The van der Waals surface area contributed by atoms with Crippen LogP contribution in [0.1, 0.15) is 55.3 Å². The van der Waals surface area contributed by atoms with Gasteiger partial charge >= 0.3 is 0 Å². The third-order valence-corrected chi connectivity index (χ3v) is 5.91. The summed E-state index contributed by atoms with van der Waals surface area (Å²) in [5, 5.41) is 3.76. The normalized spacial score (nSPS) is 17.8. The lowest BCUT2D eigenvalue weighted by Crippen LogP contribution is -2.39. The summed E-state index contributed by atoms with van der Waals surface area (Å²) in [6.45, 7) is 1.45. The highest BCUT2D eigenvalue weighted by atomic mass is 16.2. The van der Waals surface area contributed by atoms with E-state index >= 15 is 0 Å². The molecule has 0 bridgehead atoms. The van der Waals surface area contributed by atoms with Crippen LogP contribution < -0.4 is 10.9 Å². The first kappa shape index (κ1) is 18.7. The molecule has 148 valence electrons. The number of carbonyl (C=O) groups is 2. The molecule has 0 unspecified atom stereocenters. The van der Waals surface area contributed by atoms with Gasteiger partial charge in [0.05, 0.1) is 11.1 Å². The molecular weight excluding hydrogens is 354 g/mol. The van der Waals surface area contributed by atoms with Crippen molar-refractivity contribution in [2.24, 2.45) is 0 Å². The summed E-state index contributed by atoms with van der Waals surface area (Å²) in [6.07, 6.45) is 7.43. The Kier molecular flexibility index (Phi) is 5.46. The standard InChI is InChI=1S/C22H27N3O3/c26-20(23-16-8-2-3-9-16)15-25-19-11-5-4-10-17(19)18(14-21(25)27)22(28)24-12-6-1-7-13-24/h4-5,10-11,14,16H,1-3,6-9,12-13,15H2,(H,23,26). The maximum absolute atomic E-state index is 13.0. The second kappa shape index (κ2) is 8.17. The van der Waals surface area contributed by atoms with Crippen LogP contribution >= 0.6 is 0 Å². The fourth-order valence-electron chi connectivity index (χ4n) is 4.43. The van der Waals surface area contributed by atoms with E-state index < -0.39 is 0 Å². The summed E-state index contributed by atoms with van der Waals surface area (Å²) in [6, 6.07) is 8.99. The first-order valence-corrected chi connectivity index (χ1v) is 10.3. The number of amides is 2. The quantitative estimate of drug-likeness (QED) is 0.885. The molecule has 0 spiro atoms. The molecule has 2 amide bonds. The highest BCUT2D eigenvalue weighted by Gasteiger charge is 2.23. The molecule has 1 saturated heterocycles. The molecule has 6 heteroatoms. The number of piperidine rings is 1. The summed E-state index contributed by atoms with van der Waals surface area (Å²) in [5.41, 5.74) is 0.771. The summed E-state index contributed by atoms with van der Waals surface area (Å²) in [5.74, 6) is -0.232. The Bertz CT molecular complexity index is 938. The summed E-state index contributed by atoms with van der Waals surface area (Å²) < 4.78 is 1.48. The van der Waals surface area contributed by atoms with Crippen LogP contribution in [0, 0.1) is 0 Å². The molecule has 2 fully saturated rings. The highest BCUT2D eigenvalue weighted by molar-refractivity contribution is 6.06. The van der Waals surface area contributed by atoms with Crippen LogP contribution in [-0.4, -0.2) is 40.4 Å². The molecule has 6 nitrogen and oxygen atoms in total. The van der Waals surface area contributed by atoms with E-state index in [-0.39, 0.29) is 30.0 Å². The predicted octanol–water partition coefficient (Wildman–Crippen LogP) is 2.69. The Balaban J connectivity index is 1.65. The first-order valence-electron chi connectivity index (χ1n) is 10.3. The third-order valence-electron chi connectivity index (χ3n) is 5.91. The van der Waals surface area contributed by atoms with Crippen molar-refractivity contribution < 1.29 is 9.59 Å². The number of fused-ring (bicyclic) bond motifs is 1. The van der Waals surface area contributed by atoms with Gasteiger partial charge in [-0.25, -0.2) is 0 Å². The van der Waals surface area contributed by atoms with Crippen molar-refractivity contribution in [2.45, 2.75) is 57.5 Å². The van der Waals surface area contributed by atoms with Crippen LogP contribution in [0.25, 0.3) is 10.9 Å². The largest absolute Gasteiger partial charge is 0.352 e. The topological polar surface area (TPSA) is 71.4 Å². The molecule has 1 N–H and O–H groups in total. The number of para-hydroxylation sites is 1. The molecule has 4 rings (SSSR count). The van der Waals surface area contributed by atoms with Gasteiger partial charge in [-0.05, 0) is 38.2 Å². The van der Waals surface area contributed by atoms with Crippen molar-refractivity contribution in [3.05, 3.63) is 46.2 Å². The van der Waals surface area contributed by atoms with Crippen molar-refractivity contribution in [1.82, 2.24) is 14.8 Å². The number of hydrogen-bond acceptors (Lipinski definition) is 3. The van der Waals surface area contributed by atoms with Crippen LogP contribution in [-0.2, 0) is 11.3 Å². The van der Waals surface area contributed by atoms with Crippen LogP contribution in [0.4, 0.5) is 0 Å². The second-order valence-electron chi connectivity index (χ2n) is 7.90. The Labute approximate surface area is 164 Å². The van der Waals surface area contributed by atoms with Gasteiger partial charge in [-0.15, -0.1) is 0 Å². The van der Waals surface area contributed by atoms with Gasteiger partial charge in [0.15, 0.2) is 0 Å². The number of nitrogens with zero attached hydrogens (tertiary/aromatic N) is 2. The van der Waals surface area contributed by atoms with Crippen LogP contribution in [0.5, 0.6) is 0 Å². The minimum Gasteiger partial charge on any atom is -0.352 e. The average molecular weight is 381 g/mol. The molecule has 2 aliphatic rings. The van der Waals surface area contributed by atoms with E-state index in [0.717, 1.165) is 63.4 Å².